The number of benzene rings is 1. The van der Waals surface area contributed by atoms with Gasteiger partial charge >= 0.3 is 0 Å². The topological polar surface area (TPSA) is 54.0 Å². The van der Waals surface area contributed by atoms with E-state index in [0.717, 1.165) is 22.5 Å². The fourth-order valence-corrected chi connectivity index (χ4v) is 2.63. The SMILES string of the molecule is [3H]C1=CC(=C2NC(c3ccncc3)=C(c3ccc(F)cc3)N2)C=C([3H])C1=O. The van der Waals surface area contributed by atoms with E-state index in [1.165, 1.54) is 24.3 Å². The molecule has 0 saturated carbocycles. The number of nitrogens with zero attached hydrogens (tertiary/aromatic N) is 1. The Kier molecular flexibility index (Phi) is 3.20. The summed E-state index contributed by atoms with van der Waals surface area (Å²) in [5, 5.41) is 6.49. The molecule has 0 radical (unpaired) electrons. The number of allylic oxidation sites excluding steroid dienone is 5. The van der Waals surface area contributed by atoms with E-state index in [9.17, 15) is 9.18 Å². The predicted octanol–water partition coefficient (Wildman–Crippen LogP) is 3.15. The van der Waals surface area contributed by atoms with Gasteiger partial charge in [-0.1, -0.05) is 0 Å². The summed E-state index contributed by atoms with van der Waals surface area (Å²) in [6, 6.07) is 9.27. The Morgan fingerprint density at radius 2 is 1.44 bits per heavy atom. The van der Waals surface area contributed by atoms with Crippen molar-refractivity contribution in [3.8, 4) is 0 Å². The average molecular weight is 335 g/mol. The molecule has 2 aromatic rings. The van der Waals surface area contributed by atoms with Gasteiger partial charge in [-0.15, -0.1) is 0 Å². The van der Waals surface area contributed by atoms with Crippen LogP contribution in [-0.2, 0) is 4.79 Å². The molecule has 25 heavy (non-hydrogen) atoms. The summed E-state index contributed by atoms with van der Waals surface area (Å²) in [6.07, 6.45) is 6.15. The summed E-state index contributed by atoms with van der Waals surface area (Å²) >= 11 is 0. The summed E-state index contributed by atoms with van der Waals surface area (Å²) in [5.41, 5.74) is 3.63. The lowest BCUT2D eigenvalue weighted by Gasteiger charge is -2.08. The largest absolute Gasteiger partial charge is 0.339 e. The smallest absolute Gasteiger partial charge is 0.178 e. The van der Waals surface area contributed by atoms with Crippen molar-refractivity contribution in [2.45, 2.75) is 0 Å². The number of hydrogen-bond donors (Lipinski definition) is 2. The maximum Gasteiger partial charge on any atom is 0.178 e. The molecule has 5 heteroatoms. The van der Waals surface area contributed by atoms with Gasteiger partial charge < -0.3 is 10.6 Å². The van der Waals surface area contributed by atoms with Crippen molar-refractivity contribution >= 4 is 17.2 Å². The van der Waals surface area contributed by atoms with Crippen molar-refractivity contribution < 1.29 is 11.9 Å². The molecular formula is C20H14FN3O. The Morgan fingerprint density at radius 3 is 2.04 bits per heavy atom. The van der Waals surface area contributed by atoms with Gasteiger partial charge in [-0.05, 0) is 60.7 Å². The lowest BCUT2D eigenvalue weighted by Crippen LogP contribution is -2.16. The summed E-state index contributed by atoms with van der Waals surface area (Å²) in [5.74, 6) is -0.398. The first-order valence-corrected chi connectivity index (χ1v) is 7.63. The first-order valence-electron chi connectivity index (χ1n) is 8.63. The number of carbonyl (C=O) groups excluding carboxylic acids is 1. The van der Waals surface area contributed by atoms with Crippen molar-refractivity contribution in [3.63, 3.8) is 0 Å². The third kappa shape index (κ3) is 2.99. The van der Waals surface area contributed by atoms with E-state index in [1.807, 2.05) is 12.1 Å². The van der Waals surface area contributed by atoms with Crippen molar-refractivity contribution in [1.29, 1.82) is 0 Å². The van der Waals surface area contributed by atoms with Crippen molar-refractivity contribution in [3.05, 3.63) is 101 Å². The fraction of sp³-hybridized carbons (Fsp3) is 0. The number of nitrogens with one attached hydrogen (secondary N) is 2. The zero-order valence-corrected chi connectivity index (χ0v) is 13.0. The third-order valence-corrected chi connectivity index (χ3v) is 3.86. The van der Waals surface area contributed by atoms with Gasteiger partial charge in [-0.3, -0.25) is 9.78 Å². The summed E-state index contributed by atoms with van der Waals surface area (Å²) in [6.45, 7) is 0. The van der Waals surface area contributed by atoms with Gasteiger partial charge in [0.15, 0.2) is 5.78 Å². The molecule has 0 amide bonds. The van der Waals surface area contributed by atoms with Crippen molar-refractivity contribution in [2.75, 3.05) is 0 Å². The van der Waals surface area contributed by atoms with Gasteiger partial charge in [-0.2, -0.15) is 0 Å². The normalized spacial score (nSPS) is 18.2. The maximum absolute atomic E-state index is 13.3. The molecule has 0 bridgehead atoms. The average Bonchev–Trinajstić information content (AvgIpc) is 3.12. The van der Waals surface area contributed by atoms with Crippen LogP contribution in [0.5, 0.6) is 0 Å². The molecule has 4 nitrogen and oxygen atoms in total. The van der Waals surface area contributed by atoms with Gasteiger partial charge in [0.05, 0.1) is 14.1 Å². The van der Waals surface area contributed by atoms with Crippen LogP contribution >= 0.6 is 0 Å². The lowest BCUT2D eigenvalue weighted by molar-refractivity contribution is -0.110. The Morgan fingerprint density at radius 1 is 0.880 bits per heavy atom. The maximum atomic E-state index is 13.3. The second-order valence-corrected chi connectivity index (χ2v) is 5.48. The molecule has 0 atom stereocenters. The highest BCUT2D eigenvalue weighted by Crippen LogP contribution is 2.30. The molecule has 122 valence electrons. The minimum Gasteiger partial charge on any atom is -0.339 e. The highest BCUT2D eigenvalue weighted by molar-refractivity contribution is 6.01. The molecule has 0 unspecified atom stereocenters. The molecule has 2 N–H and O–H groups in total. The molecule has 1 aliphatic heterocycles. The molecule has 1 aromatic carbocycles. The van der Waals surface area contributed by atoms with Crippen molar-refractivity contribution in [1.82, 2.24) is 15.6 Å². The summed E-state index contributed by atoms with van der Waals surface area (Å²) in [4.78, 5) is 15.7. The molecule has 4 rings (SSSR count). The molecule has 0 fully saturated rings. The highest BCUT2D eigenvalue weighted by atomic mass is 19.1. The van der Waals surface area contributed by atoms with Gasteiger partial charge in [0.1, 0.15) is 11.6 Å². The van der Waals surface area contributed by atoms with Crippen LogP contribution in [0.2, 0.25) is 0 Å². The third-order valence-electron chi connectivity index (χ3n) is 3.86. The first-order chi connectivity index (χ1) is 13.0. The minimum absolute atomic E-state index is 0.241. The Bertz CT molecular complexity index is 1030. The lowest BCUT2D eigenvalue weighted by atomic mass is 10.1. The van der Waals surface area contributed by atoms with Gasteiger partial charge in [0.2, 0.25) is 0 Å². The number of ketones is 1. The van der Waals surface area contributed by atoms with Crippen LogP contribution < -0.4 is 10.6 Å². The van der Waals surface area contributed by atoms with E-state index in [0.29, 0.717) is 11.4 Å². The standard InChI is InChI=1S/C20H14FN3O/c21-16-5-1-13(2-6-16)18-19(14-9-11-22-12-10-14)24-20(23-18)15-3-7-17(25)8-4-15/h1-12,23-24H/i7T,8T. The molecule has 2 heterocycles. The van der Waals surface area contributed by atoms with E-state index in [2.05, 4.69) is 15.6 Å². The van der Waals surface area contributed by atoms with Crippen LogP contribution in [0.3, 0.4) is 0 Å². The number of rotatable bonds is 2. The minimum atomic E-state index is -0.613. The molecule has 1 aliphatic carbocycles. The van der Waals surface area contributed by atoms with E-state index >= 15 is 0 Å². The fourth-order valence-electron chi connectivity index (χ4n) is 2.63. The van der Waals surface area contributed by atoms with Gasteiger partial charge in [0.25, 0.3) is 0 Å². The van der Waals surface area contributed by atoms with Crippen molar-refractivity contribution in [2.24, 2.45) is 0 Å². The van der Waals surface area contributed by atoms with Crippen LogP contribution in [0.1, 0.15) is 13.9 Å². The van der Waals surface area contributed by atoms with Gasteiger partial charge in [-0.25, -0.2) is 4.39 Å². The quantitative estimate of drug-likeness (QED) is 0.885. The highest BCUT2D eigenvalue weighted by Gasteiger charge is 2.22. The Hall–Kier alpha value is -3.47. The Balaban J connectivity index is 1.82. The predicted molar refractivity (Wildman–Crippen MR) is 94.0 cm³/mol. The number of aromatic nitrogens is 1. The number of hydrogen-bond acceptors (Lipinski definition) is 4. The number of carbonyl (C=O) groups is 1. The zero-order chi connectivity index (χ0) is 19.0. The summed E-state index contributed by atoms with van der Waals surface area (Å²) < 4.78 is 28.8. The summed E-state index contributed by atoms with van der Waals surface area (Å²) in [7, 11) is 0. The molecule has 1 aromatic heterocycles. The second kappa shape index (κ2) is 6.20. The molecular weight excluding hydrogens is 317 g/mol. The Labute approximate surface area is 146 Å². The van der Waals surface area contributed by atoms with Crippen LogP contribution in [0, 0.1) is 5.82 Å². The van der Waals surface area contributed by atoms with Crippen LogP contribution in [-0.4, -0.2) is 10.8 Å². The first kappa shape index (κ1) is 12.9. The second-order valence-electron chi connectivity index (χ2n) is 5.48. The molecule has 0 saturated heterocycles. The number of pyridine rings is 1. The monoisotopic (exact) mass is 335 g/mol. The zero-order valence-electron chi connectivity index (χ0n) is 15.0. The van der Waals surface area contributed by atoms with E-state index in [1.54, 1.807) is 24.5 Å². The molecule has 0 spiro atoms. The van der Waals surface area contributed by atoms with Crippen LogP contribution in [0.4, 0.5) is 4.39 Å². The van der Waals surface area contributed by atoms with E-state index in [-0.39, 0.29) is 17.9 Å². The van der Waals surface area contributed by atoms with Crippen LogP contribution in [0.15, 0.2) is 84.4 Å². The van der Waals surface area contributed by atoms with E-state index < -0.39 is 5.78 Å². The van der Waals surface area contributed by atoms with E-state index in [4.69, 9.17) is 2.74 Å². The van der Waals surface area contributed by atoms with Gasteiger partial charge in [0, 0.05) is 29.1 Å². The van der Waals surface area contributed by atoms with Crippen LogP contribution in [0.25, 0.3) is 11.4 Å². The molecule has 2 aliphatic rings. The number of halogens is 1.